The molecule has 0 atom stereocenters. The van der Waals surface area contributed by atoms with E-state index in [0.29, 0.717) is 28.3 Å². The second kappa shape index (κ2) is 15.1. The number of anilines is 2. The van der Waals surface area contributed by atoms with Crippen LogP contribution in [0, 0.1) is 20.8 Å². The molecule has 0 heterocycles. The molecule has 4 aromatic carbocycles. The molecule has 9 nitrogen and oxygen atoms in total. The molecule has 0 aliphatic rings. The van der Waals surface area contributed by atoms with Crippen LogP contribution in [0.1, 0.15) is 69.3 Å². The number of nitrogens with zero attached hydrogens (tertiary/aromatic N) is 1. The molecular formula is C38H40N4O5. The monoisotopic (exact) mass is 632 g/mol. The summed E-state index contributed by atoms with van der Waals surface area (Å²) in [5, 5.41) is 8.62. The lowest BCUT2D eigenvalue weighted by Crippen LogP contribution is -2.37. The number of guanidine groups is 1. The smallest absolute Gasteiger partial charge is 0.437 e. The fraction of sp³-hybridized carbons (Fsp3) is 0.211. The van der Waals surface area contributed by atoms with E-state index >= 15 is 0 Å². The van der Waals surface area contributed by atoms with Gasteiger partial charge in [-0.1, -0.05) is 60.7 Å². The Bertz CT molecular complexity index is 1820. The summed E-state index contributed by atoms with van der Waals surface area (Å²) in [4.78, 5) is 43.1. The van der Waals surface area contributed by atoms with Crippen molar-refractivity contribution in [3.8, 4) is 5.75 Å². The maximum absolute atomic E-state index is 13.3. The predicted octanol–water partition coefficient (Wildman–Crippen LogP) is 8.18. The molecular weight excluding hydrogens is 592 g/mol. The van der Waals surface area contributed by atoms with E-state index in [4.69, 9.17) is 9.47 Å². The molecule has 0 bridgehead atoms. The van der Waals surface area contributed by atoms with Gasteiger partial charge in [-0.3, -0.25) is 14.9 Å². The number of carbonyl (C=O) groups is 3. The van der Waals surface area contributed by atoms with Crippen LogP contribution in [0.2, 0.25) is 0 Å². The van der Waals surface area contributed by atoms with Gasteiger partial charge in [0.05, 0.1) is 7.11 Å². The molecule has 0 aliphatic heterocycles. The Labute approximate surface area is 275 Å². The Hall–Kier alpha value is -5.70. The maximum atomic E-state index is 13.3. The average Bonchev–Trinajstić information content (AvgIpc) is 3.02. The molecule has 242 valence electrons. The molecule has 0 spiro atoms. The maximum Gasteiger partial charge on any atom is 0.437 e. The highest BCUT2D eigenvalue weighted by Gasteiger charge is 2.19. The van der Waals surface area contributed by atoms with E-state index in [9.17, 15) is 14.4 Å². The lowest BCUT2D eigenvalue weighted by atomic mass is 10.0. The first-order valence-electron chi connectivity index (χ1n) is 15.1. The number of benzene rings is 4. The lowest BCUT2D eigenvalue weighted by Gasteiger charge is -2.19. The molecule has 0 saturated heterocycles. The zero-order valence-electron chi connectivity index (χ0n) is 27.7. The minimum absolute atomic E-state index is 0.151. The van der Waals surface area contributed by atoms with Crippen LogP contribution in [0.5, 0.6) is 5.75 Å². The molecule has 3 N–H and O–H groups in total. The molecule has 0 fully saturated rings. The Morgan fingerprint density at radius 1 is 0.723 bits per heavy atom. The van der Waals surface area contributed by atoms with Gasteiger partial charge in [0.2, 0.25) is 5.96 Å². The van der Waals surface area contributed by atoms with Crippen LogP contribution in [0.15, 0.2) is 89.9 Å². The van der Waals surface area contributed by atoms with Crippen molar-refractivity contribution in [1.82, 2.24) is 5.32 Å². The van der Waals surface area contributed by atoms with Gasteiger partial charge in [-0.2, -0.15) is 0 Å². The van der Waals surface area contributed by atoms with Gasteiger partial charge in [0.25, 0.3) is 11.8 Å². The summed E-state index contributed by atoms with van der Waals surface area (Å²) in [7, 11) is 1.54. The molecule has 0 aliphatic carbocycles. The Morgan fingerprint density at radius 3 is 2.02 bits per heavy atom. The zero-order chi connectivity index (χ0) is 34.1. The number of methoxy groups -OCH3 is 1. The van der Waals surface area contributed by atoms with Crippen molar-refractivity contribution in [2.75, 3.05) is 17.7 Å². The highest BCUT2D eigenvalue weighted by atomic mass is 16.6. The van der Waals surface area contributed by atoms with Crippen molar-refractivity contribution in [2.45, 2.75) is 47.1 Å². The number of nitrogens with one attached hydrogen (secondary N) is 3. The first-order valence-corrected chi connectivity index (χ1v) is 15.1. The van der Waals surface area contributed by atoms with Crippen LogP contribution in [-0.2, 0) is 4.74 Å². The van der Waals surface area contributed by atoms with E-state index in [0.717, 1.165) is 27.8 Å². The summed E-state index contributed by atoms with van der Waals surface area (Å²) in [5.74, 6) is -0.389. The van der Waals surface area contributed by atoms with Crippen molar-refractivity contribution in [3.63, 3.8) is 0 Å². The normalized spacial score (nSPS) is 11.6. The van der Waals surface area contributed by atoms with E-state index in [1.807, 2.05) is 75.4 Å². The van der Waals surface area contributed by atoms with Crippen LogP contribution < -0.4 is 20.7 Å². The molecule has 47 heavy (non-hydrogen) atoms. The van der Waals surface area contributed by atoms with Crippen LogP contribution in [-0.4, -0.2) is 36.6 Å². The highest BCUT2D eigenvalue weighted by molar-refractivity contribution is 6.12. The third-order valence-corrected chi connectivity index (χ3v) is 7.12. The Kier molecular flexibility index (Phi) is 10.9. The quantitative estimate of drug-likeness (QED) is 0.107. The molecule has 3 amide bonds. The summed E-state index contributed by atoms with van der Waals surface area (Å²) >= 11 is 0. The fourth-order valence-electron chi connectivity index (χ4n) is 4.48. The van der Waals surface area contributed by atoms with Crippen molar-refractivity contribution in [3.05, 3.63) is 124 Å². The van der Waals surface area contributed by atoms with E-state index in [2.05, 4.69) is 20.9 Å². The molecule has 0 saturated carbocycles. The first-order chi connectivity index (χ1) is 22.3. The van der Waals surface area contributed by atoms with Gasteiger partial charge in [0.15, 0.2) is 0 Å². The van der Waals surface area contributed by atoms with Gasteiger partial charge in [0, 0.05) is 22.5 Å². The summed E-state index contributed by atoms with van der Waals surface area (Å²) < 4.78 is 10.8. The number of aryl methyl sites for hydroxylation is 2. The first kappa shape index (κ1) is 34.2. The van der Waals surface area contributed by atoms with Gasteiger partial charge in [-0.15, -0.1) is 4.99 Å². The van der Waals surface area contributed by atoms with Crippen molar-refractivity contribution in [2.24, 2.45) is 4.99 Å². The van der Waals surface area contributed by atoms with Crippen molar-refractivity contribution in [1.29, 1.82) is 0 Å². The highest BCUT2D eigenvalue weighted by Crippen LogP contribution is 2.24. The van der Waals surface area contributed by atoms with Crippen molar-refractivity contribution >= 4 is 47.4 Å². The van der Waals surface area contributed by atoms with E-state index in [1.54, 1.807) is 63.2 Å². The third-order valence-electron chi connectivity index (χ3n) is 7.12. The lowest BCUT2D eigenvalue weighted by molar-refractivity contribution is 0.0603. The summed E-state index contributed by atoms with van der Waals surface area (Å²) in [6, 6.07) is 25.8. The second-order valence-electron chi connectivity index (χ2n) is 12.0. The van der Waals surface area contributed by atoms with Crippen LogP contribution in [0.25, 0.3) is 12.2 Å². The van der Waals surface area contributed by atoms with Gasteiger partial charge in [0.1, 0.15) is 11.4 Å². The van der Waals surface area contributed by atoms with Crippen LogP contribution in [0.3, 0.4) is 0 Å². The predicted molar refractivity (Wildman–Crippen MR) is 188 cm³/mol. The number of amides is 3. The zero-order valence-corrected chi connectivity index (χ0v) is 27.7. The number of rotatable bonds is 7. The van der Waals surface area contributed by atoms with Gasteiger partial charge in [-0.05, 0) is 106 Å². The SMILES string of the molecule is COc1cc(C(=O)NC(=NC(=O)OC(C)(C)C)Nc2ccc(C)c(NC(=O)c3ccc(/C=C/c4ccccc4)cc3)c2)cc(C)c1C. The Morgan fingerprint density at radius 2 is 1.38 bits per heavy atom. The number of hydrogen-bond donors (Lipinski definition) is 3. The molecule has 0 aromatic heterocycles. The average molecular weight is 633 g/mol. The molecule has 0 radical (unpaired) electrons. The number of aliphatic imine (C=N–C) groups is 1. The summed E-state index contributed by atoms with van der Waals surface area (Å²) in [6.45, 7) is 10.8. The number of carbonyl (C=O) groups excluding carboxylic acids is 3. The van der Waals surface area contributed by atoms with E-state index < -0.39 is 17.6 Å². The largest absolute Gasteiger partial charge is 0.496 e. The fourth-order valence-corrected chi connectivity index (χ4v) is 4.48. The minimum Gasteiger partial charge on any atom is -0.496 e. The molecule has 0 unspecified atom stereocenters. The van der Waals surface area contributed by atoms with Crippen LogP contribution >= 0.6 is 0 Å². The standard InChI is InChI=1S/C38H40N4O5/c1-24-13-20-31(23-32(24)40-34(43)29-18-16-28(17-19-29)15-14-27-11-9-8-10-12-27)39-36(42-37(45)47-38(4,5)6)41-35(44)30-21-25(2)26(3)33(22-30)46-7/h8-23H,1-7H3,(H,40,43)(H2,39,41,42,44,45)/b15-14+. The van der Waals surface area contributed by atoms with Crippen molar-refractivity contribution < 1.29 is 23.9 Å². The third kappa shape index (κ3) is 9.89. The Balaban J connectivity index is 1.53. The van der Waals surface area contributed by atoms with Gasteiger partial charge < -0.3 is 20.1 Å². The van der Waals surface area contributed by atoms with Gasteiger partial charge >= 0.3 is 6.09 Å². The van der Waals surface area contributed by atoms with Crippen LogP contribution in [0.4, 0.5) is 16.2 Å². The topological polar surface area (TPSA) is 118 Å². The molecule has 4 rings (SSSR count). The minimum atomic E-state index is -0.888. The van der Waals surface area contributed by atoms with E-state index in [-0.39, 0.29) is 11.9 Å². The summed E-state index contributed by atoms with van der Waals surface area (Å²) in [6.07, 6.45) is 3.11. The molecule has 4 aromatic rings. The van der Waals surface area contributed by atoms with Gasteiger partial charge in [-0.25, -0.2) is 4.79 Å². The number of hydrogen-bond acceptors (Lipinski definition) is 5. The van der Waals surface area contributed by atoms with E-state index in [1.165, 1.54) is 7.11 Å². The number of ether oxygens (including phenoxy) is 2. The second-order valence-corrected chi connectivity index (χ2v) is 12.0. The summed E-state index contributed by atoms with van der Waals surface area (Å²) in [5.41, 5.74) is 5.65. The molecule has 9 heteroatoms.